The summed E-state index contributed by atoms with van der Waals surface area (Å²) in [5, 5.41) is 0.0324. The molecule has 0 saturated carbocycles. The Morgan fingerprint density at radius 3 is 2.50 bits per heavy atom. The lowest BCUT2D eigenvalue weighted by Crippen LogP contribution is -2.32. The maximum absolute atomic E-state index is 12.0. The van der Waals surface area contributed by atoms with Crippen LogP contribution in [0.2, 0.25) is 5.28 Å². The van der Waals surface area contributed by atoms with Crippen molar-refractivity contribution in [2.75, 3.05) is 0 Å². The van der Waals surface area contributed by atoms with E-state index in [2.05, 4.69) is 21.6 Å². The van der Waals surface area contributed by atoms with E-state index in [-0.39, 0.29) is 16.2 Å². The molecular weight excluding hydrogens is 274 g/mol. The van der Waals surface area contributed by atoms with Crippen molar-refractivity contribution in [3.05, 3.63) is 17.7 Å². The smallest absolute Gasteiger partial charge is 0.225 e. The van der Waals surface area contributed by atoms with Crippen LogP contribution in [0, 0.1) is 0 Å². The zero-order valence-corrected chi connectivity index (χ0v) is 12.1. The van der Waals surface area contributed by atoms with Gasteiger partial charge in [0.15, 0.2) is 0 Å². The molecule has 0 amide bonds. The van der Waals surface area contributed by atoms with E-state index in [9.17, 15) is 8.42 Å². The summed E-state index contributed by atoms with van der Waals surface area (Å²) in [7, 11) is -3.55. The Morgan fingerprint density at radius 2 is 1.94 bits per heavy atom. The number of rotatable bonds is 7. The molecule has 1 N–H and O–H groups in total. The first-order valence-electron chi connectivity index (χ1n) is 5.95. The summed E-state index contributed by atoms with van der Waals surface area (Å²) in [4.78, 5) is 7.36. The molecule has 102 valence electrons. The number of unbranched alkanes of at least 4 members (excludes halogenated alkanes) is 2. The Balaban J connectivity index is 2.61. The largest absolute Gasteiger partial charge is 0.243 e. The molecule has 7 heteroatoms. The van der Waals surface area contributed by atoms with Crippen molar-refractivity contribution < 1.29 is 8.42 Å². The summed E-state index contributed by atoms with van der Waals surface area (Å²) in [5.41, 5.74) is 0. The SMILES string of the molecule is CCCCCC(C)NS(=O)(=O)c1cnc(Cl)nc1. The molecule has 1 heterocycles. The number of nitrogens with one attached hydrogen (secondary N) is 1. The highest BCUT2D eigenvalue weighted by Gasteiger charge is 2.17. The third kappa shape index (κ3) is 4.88. The van der Waals surface area contributed by atoms with Crippen LogP contribution in [0.5, 0.6) is 0 Å². The van der Waals surface area contributed by atoms with Gasteiger partial charge in [0.2, 0.25) is 15.3 Å². The van der Waals surface area contributed by atoms with Crippen LogP contribution in [0.3, 0.4) is 0 Å². The lowest BCUT2D eigenvalue weighted by Gasteiger charge is -2.13. The predicted molar refractivity (Wildman–Crippen MR) is 71.0 cm³/mol. The van der Waals surface area contributed by atoms with E-state index in [4.69, 9.17) is 11.6 Å². The second-order valence-electron chi connectivity index (χ2n) is 4.21. The first-order chi connectivity index (χ1) is 8.45. The fourth-order valence-corrected chi connectivity index (χ4v) is 2.80. The highest BCUT2D eigenvalue weighted by Crippen LogP contribution is 2.10. The highest BCUT2D eigenvalue weighted by molar-refractivity contribution is 7.89. The third-order valence-electron chi connectivity index (χ3n) is 2.50. The molecule has 0 aliphatic heterocycles. The highest BCUT2D eigenvalue weighted by atomic mass is 35.5. The standard InChI is InChI=1S/C11H18ClN3O2S/c1-3-4-5-6-9(2)15-18(16,17)10-7-13-11(12)14-8-10/h7-9,15H,3-6H2,1-2H3. The van der Waals surface area contributed by atoms with Crippen LogP contribution in [0.1, 0.15) is 39.5 Å². The van der Waals surface area contributed by atoms with Gasteiger partial charge in [-0.1, -0.05) is 26.2 Å². The second kappa shape index (κ2) is 7.01. The fourth-order valence-electron chi connectivity index (χ4n) is 1.53. The summed E-state index contributed by atoms with van der Waals surface area (Å²) in [6, 6.07) is -0.0998. The second-order valence-corrected chi connectivity index (χ2v) is 6.26. The van der Waals surface area contributed by atoms with Crippen LogP contribution < -0.4 is 4.72 Å². The zero-order chi connectivity index (χ0) is 13.6. The van der Waals surface area contributed by atoms with Crippen molar-refractivity contribution in [3.63, 3.8) is 0 Å². The van der Waals surface area contributed by atoms with Gasteiger partial charge < -0.3 is 0 Å². The van der Waals surface area contributed by atoms with Crippen LogP contribution >= 0.6 is 11.6 Å². The van der Waals surface area contributed by atoms with E-state index in [0.29, 0.717) is 0 Å². The average molecular weight is 292 g/mol. The van der Waals surface area contributed by atoms with Crippen LogP contribution in [-0.4, -0.2) is 24.4 Å². The molecule has 5 nitrogen and oxygen atoms in total. The monoisotopic (exact) mass is 291 g/mol. The summed E-state index contributed by atoms with van der Waals surface area (Å²) in [6.45, 7) is 3.96. The molecular formula is C11H18ClN3O2S. The topological polar surface area (TPSA) is 72.0 Å². The van der Waals surface area contributed by atoms with E-state index in [1.807, 2.05) is 6.92 Å². The molecule has 1 unspecified atom stereocenters. The number of hydrogen-bond acceptors (Lipinski definition) is 4. The number of halogens is 1. The van der Waals surface area contributed by atoms with Crippen molar-refractivity contribution in [1.29, 1.82) is 0 Å². The Bertz CT molecular complexity index is 462. The number of sulfonamides is 1. The molecule has 0 saturated heterocycles. The van der Waals surface area contributed by atoms with Gasteiger partial charge in [-0.05, 0) is 24.9 Å². The molecule has 0 aliphatic carbocycles. The maximum atomic E-state index is 12.0. The summed E-state index contributed by atoms with van der Waals surface area (Å²) in [6.07, 6.45) is 6.46. The van der Waals surface area contributed by atoms with Gasteiger partial charge >= 0.3 is 0 Å². The van der Waals surface area contributed by atoms with Gasteiger partial charge in [0.1, 0.15) is 4.90 Å². The summed E-state index contributed by atoms with van der Waals surface area (Å²) in [5.74, 6) is 0. The molecule has 0 spiro atoms. The quantitative estimate of drug-likeness (QED) is 0.618. The van der Waals surface area contributed by atoms with Crippen molar-refractivity contribution in [2.45, 2.75) is 50.5 Å². The minimum absolute atomic E-state index is 0.0324. The van der Waals surface area contributed by atoms with Gasteiger partial charge in [-0.15, -0.1) is 0 Å². The van der Waals surface area contributed by atoms with Crippen LogP contribution in [-0.2, 0) is 10.0 Å². The Labute approximate surface area is 113 Å². The van der Waals surface area contributed by atoms with Gasteiger partial charge in [0.05, 0.1) is 12.4 Å². The number of hydrogen-bond donors (Lipinski definition) is 1. The van der Waals surface area contributed by atoms with E-state index >= 15 is 0 Å². The third-order valence-corrected chi connectivity index (χ3v) is 4.24. The van der Waals surface area contributed by atoms with E-state index in [0.717, 1.165) is 25.7 Å². The zero-order valence-electron chi connectivity index (χ0n) is 10.6. The molecule has 0 aromatic carbocycles. The van der Waals surface area contributed by atoms with Crippen LogP contribution in [0.25, 0.3) is 0 Å². The molecule has 1 rings (SSSR count). The molecule has 0 radical (unpaired) electrons. The maximum Gasteiger partial charge on any atom is 0.243 e. The molecule has 1 atom stereocenters. The lowest BCUT2D eigenvalue weighted by atomic mass is 10.1. The van der Waals surface area contributed by atoms with Gasteiger partial charge in [-0.3, -0.25) is 0 Å². The number of nitrogens with zero attached hydrogens (tertiary/aromatic N) is 2. The van der Waals surface area contributed by atoms with Gasteiger partial charge in [-0.2, -0.15) is 0 Å². The van der Waals surface area contributed by atoms with Gasteiger partial charge in [-0.25, -0.2) is 23.1 Å². The molecule has 1 aromatic rings. The van der Waals surface area contributed by atoms with Gasteiger partial charge in [0.25, 0.3) is 0 Å². The molecule has 0 bridgehead atoms. The van der Waals surface area contributed by atoms with Crippen molar-refractivity contribution >= 4 is 21.6 Å². The van der Waals surface area contributed by atoms with Crippen LogP contribution in [0.4, 0.5) is 0 Å². The fraction of sp³-hybridized carbons (Fsp3) is 0.636. The van der Waals surface area contributed by atoms with Crippen molar-refractivity contribution in [3.8, 4) is 0 Å². The van der Waals surface area contributed by atoms with E-state index < -0.39 is 10.0 Å². The summed E-state index contributed by atoms with van der Waals surface area (Å²) < 4.78 is 26.5. The van der Waals surface area contributed by atoms with E-state index in [1.54, 1.807) is 0 Å². The molecule has 0 fully saturated rings. The molecule has 0 aliphatic rings. The van der Waals surface area contributed by atoms with Crippen molar-refractivity contribution in [2.24, 2.45) is 0 Å². The predicted octanol–water partition coefficient (Wildman–Crippen LogP) is 2.38. The minimum Gasteiger partial charge on any atom is -0.225 e. The lowest BCUT2D eigenvalue weighted by molar-refractivity contribution is 0.527. The molecule has 18 heavy (non-hydrogen) atoms. The Morgan fingerprint density at radius 1 is 1.33 bits per heavy atom. The van der Waals surface area contributed by atoms with Crippen LogP contribution in [0.15, 0.2) is 17.3 Å². The minimum atomic E-state index is -3.55. The Hall–Kier alpha value is -0.720. The normalized spacial score (nSPS) is 13.5. The average Bonchev–Trinajstić information content (AvgIpc) is 2.29. The number of aromatic nitrogens is 2. The van der Waals surface area contributed by atoms with Gasteiger partial charge in [0, 0.05) is 6.04 Å². The van der Waals surface area contributed by atoms with E-state index in [1.165, 1.54) is 12.4 Å². The molecule has 1 aromatic heterocycles. The summed E-state index contributed by atoms with van der Waals surface area (Å²) >= 11 is 5.51. The first kappa shape index (κ1) is 15.3. The Kier molecular flexibility index (Phi) is 5.98. The van der Waals surface area contributed by atoms with Crippen molar-refractivity contribution in [1.82, 2.24) is 14.7 Å². The first-order valence-corrected chi connectivity index (χ1v) is 7.81.